The normalized spacial score (nSPS) is 32.0. The molecular formula is C12H24N4. The lowest BCUT2D eigenvalue weighted by Crippen LogP contribution is -2.55. The second-order valence-electron chi connectivity index (χ2n) is 5.40. The van der Waals surface area contributed by atoms with Gasteiger partial charge in [0.2, 0.25) is 0 Å². The van der Waals surface area contributed by atoms with Crippen molar-refractivity contribution in [1.29, 1.82) is 5.26 Å². The van der Waals surface area contributed by atoms with E-state index >= 15 is 0 Å². The summed E-state index contributed by atoms with van der Waals surface area (Å²) in [4.78, 5) is 4.82. The fraction of sp³-hybridized carbons (Fsp3) is 0.917. The van der Waals surface area contributed by atoms with Crippen LogP contribution >= 0.6 is 0 Å². The molecule has 1 saturated heterocycles. The van der Waals surface area contributed by atoms with Crippen LogP contribution in [0.3, 0.4) is 0 Å². The summed E-state index contributed by atoms with van der Waals surface area (Å²) >= 11 is 0. The molecule has 1 fully saturated rings. The minimum Gasteiger partial charge on any atom is -0.314 e. The molecule has 1 aliphatic heterocycles. The summed E-state index contributed by atoms with van der Waals surface area (Å²) in [5.41, 5.74) is 5.15. The highest BCUT2D eigenvalue weighted by Gasteiger charge is 2.27. The third-order valence-electron chi connectivity index (χ3n) is 3.64. The molecule has 0 aromatic rings. The largest absolute Gasteiger partial charge is 0.314 e. The molecule has 0 aromatic carbocycles. The fourth-order valence-corrected chi connectivity index (χ4v) is 2.14. The van der Waals surface area contributed by atoms with Crippen LogP contribution in [0.4, 0.5) is 0 Å². The Bertz CT molecular complexity index is 257. The van der Waals surface area contributed by atoms with Gasteiger partial charge in [-0.15, -0.1) is 0 Å². The molecule has 0 aromatic heterocycles. The zero-order valence-corrected chi connectivity index (χ0v) is 10.9. The van der Waals surface area contributed by atoms with Crippen molar-refractivity contribution in [2.45, 2.75) is 44.8 Å². The zero-order chi connectivity index (χ0) is 12.3. The lowest BCUT2D eigenvalue weighted by Gasteiger charge is -2.42. The van der Waals surface area contributed by atoms with E-state index in [2.05, 4.69) is 36.8 Å². The van der Waals surface area contributed by atoms with Crippen molar-refractivity contribution in [1.82, 2.24) is 9.80 Å². The van der Waals surface area contributed by atoms with Crippen LogP contribution in [0, 0.1) is 11.3 Å². The molecule has 1 rings (SSSR count). The van der Waals surface area contributed by atoms with E-state index in [4.69, 9.17) is 11.0 Å². The van der Waals surface area contributed by atoms with E-state index in [-0.39, 0.29) is 0 Å². The summed E-state index contributed by atoms with van der Waals surface area (Å²) in [6, 6.07) is 3.31. The van der Waals surface area contributed by atoms with E-state index in [0.717, 1.165) is 26.1 Å². The van der Waals surface area contributed by atoms with Crippen LogP contribution in [-0.4, -0.2) is 54.1 Å². The molecule has 0 spiro atoms. The van der Waals surface area contributed by atoms with Crippen molar-refractivity contribution in [2.75, 3.05) is 26.7 Å². The standard InChI is InChI=1S/C12H24N4/c1-10-7-16(8-11(2)15(10)4)6-5-12(3,14)9-13/h10-11H,5-8,14H2,1-4H3. The Labute approximate surface area is 99.0 Å². The van der Waals surface area contributed by atoms with Gasteiger partial charge in [-0.1, -0.05) is 0 Å². The summed E-state index contributed by atoms with van der Waals surface area (Å²) in [7, 11) is 2.18. The molecule has 1 aliphatic rings. The van der Waals surface area contributed by atoms with E-state index in [1.54, 1.807) is 6.92 Å². The molecule has 0 bridgehead atoms. The Morgan fingerprint density at radius 3 is 2.31 bits per heavy atom. The summed E-state index contributed by atoms with van der Waals surface area (Å²) in [5, 5.41) is 8.87. The van der Waals surface area contributed by atoms with Gasteiger partial charge in [-0.05, 0) is 34.2 Å². The molecule has 4 nitrogen and oxygen atoms in total. The Kier molecular flexibility index (Phi) is 4.31. The highest BCUT2D eigenvalue weighted by Crippen LogP contribution is 2.15. The number of likely N-dealkylation sites (N-methyl/N-ethyl adjacent to an activating group) is 1. The number of hydrogen-bond acceptors (Lipinski definition) is 4. The summed E-state index contributed by atoms with van der Waals surface area (Å²) in [6.07, 6.45) is 0.743. The molecule has 0 amide bonds. The molecular weight excluding hydrogens is 200 g/mol. The Morgan fingerprint density at radius 2 is 1.88 bits per heavy atom. The molecule has 4 heteroatoms. The second kappa shape index (κ2) is 5.13. The van der Waals surface area contributed by atoms with Gasteiger partial charge in [-0.2, -0.15) is 5.26 Å². The first-order valence-electron chi connectivity index (χ1n) is 6.00. The molecule has 0 saturated carbocycles. The van der Waals surface area contributed by atoms with Crippen LogP contribution in [0.15, 0.2) is 0 Å². The number of nitriles is 1. The van der Waals surface area contributed by atoms with Crippen molar-refractivity contribution in [2.24, 2.45) is 5.73 Å². The monoisotopic (exact) mass is 224 g/mol. The molecule has 16 heavy (non-hydrogen) atoms. The zero-order valence-electron chi connectivity index (χ0n) is 10.9. The van der Waals surface area contributed by atoms with Crippen LogP contribution in [0.5, 0.6) is 0 Å². The lowest BCUT2D eigenvalue weighted by molar-refractivity contribution is 0.0574. The van der Waals surface area contributed by atoms with E-state index in [1.165, 1.54) is 0 Å². The van der Waals surface area contributed by atoms with Crippen molar-refractivity contribution in [3.63, 3.8) is 0 Å². The van der Waals surface area contributed by atoms with Gasteiger partial charge in [0.1, 0.15) is 5.54 Å². The summed E-state index contributed by atoms with van der Waals surface area (Å²) in [5.74, 6) is 0. The van der Waals surface area contributed by atoms with Crippen LogP contribution < -0.4 is 5.73 Å². The third-order valence-corrected chi connectivity index (χ3v) is 3.64. The highest BCUT2D eigenvalue weighted by atomic mass is 15.3. The van der Waals surface area contributed by atoms with Crippen LogP contribution in [-0.2, 0) is 0 Å². The minimum absolute atomic E-state index is 0.579. The first-order chi connectivity index (χ1) is 7.35. The van der Waals surface area contributed by atoms with E-state index < -0.39 is 5.54 Å². The third kappa shape index (κ3) is 3.44. The van der Waals surface area contributed by atoms with Gasteiger partial charge in [0.25, 0.3) is 0 Å². The van der Waals surface area contributed by atoms with Crippen LogP contribution in [0.2, 0.25) is 0 Å². The molecule has 2 N–H and O–H groups in total. The molecule has 92 valence electrons. The number of hydrogen-bond donors (Lipinski definition) is 1. The van der Waals surface area contributed by atoms with Gasteiger partial charge in [0.05, 0.1) is 6.07 Å². The average molecular weight is 224 g/mol. The summed E-state index contributed by atoms with van der Waals surface area (Å²) in [6.45, 7) is 9.35. The van der Waals surface area contributed by atoms with E-state index in [1.807, 2.05) is 0 Å². The predicted octanol–water partition coefficient (Wildman–Crippen LogP) is 0.642. The Balaban J connectivity index is 2.43. The van der Waals surface area contributed by atoms with Gasteiger partial charge in [0, 0.05) is 31.7 Å². The quantitative estimate of drug-likeness (QED) is 0.764. The maximum atomic E-state index is 8.87. The maximum absolute atomic E-state index is 8.87. The highest BCUT2D eigenvalue weighted by molar-refractivity contribution is 5.01. The van der Waals surface area contributed by atoms with Gasteiger partial charge in [-0.3, -0.25) is 4.90 Å². The molecule has 1 heterocycles. The lowest BCUT2D eigenvalue weighted by atomic mass is 10.0. The molecule has 3 atom stereocenters. The Hall–Kier alpha value is -0.630. The number of piperazine rings is 1. The number of rotatable bonds is 3. The van der Waals surface area contributed by atoms with Crippen molar-refractivity contribution >= 4 is 0 Å². The van der Waals surface area contributed by atoms with Crippen LogP contribution in [0.1, 0.15) is 27.2 Å². The van der Waals surface area contributed by atoms with Gasteiger partial charge < -0.3 is 10.6 Å². The fourth-order valence-electron chi connectivity index (χ4n) is 2.14. The second-order valence-corrected chi connectivity index (χ2v) is 5.40. The average Bonchev–Trinajstić information content (AvgIpc) is 2.23. The number of nitrogens with zero attached hydrogens (tertiary/aromatic N) is 3. The molecule has 0 aliphatic carbocycles. The Morgan fingerprint density at radius 1 is 1.38 bits per heavy atom. The SMILES string of the molecule is CC1CN(CCC(C)(N)C#N)CC(C)N1C. The number of nitrogens with two attached hydrogens (primary N) is 1. The molecule has 3 unspecified atom stereocenters. The van der Waals surface area contributed by atoms with Crippen molar-refractivity contribution in [3.05, 3.63) is 0 Å². The van der Waals surface area contributed by atoms with Crippen LogP contribution in [0.25, 0.3) is 0 Å². The molecule has 0 radical (unpaired) electrons. The first kappa shape index (κ1) is 13.4. The van der Waals surface area contributed by atoms with Crippen molar-refractivity contribution in [3.8, 4) is 6.07 Å². The topological polar surface area (TPSA) is 56.3 Å². The summed E-state index contributed by atoms with van der Waals surface area (Å²) < 4.78 is 0. The van der Waals surface area contributed by atoms with Gasteiger partial charge >= 0.3 is 0 Å². The first-order valence-corrected chi connectivity index (χ1v) is 6.00. The minimum atomic E-state index is -0.685. The van der Waals surface area contributed by atoms with Gasteiger partial charge in [-0.25, -0.2) is 0 Å². The smallest absolute Gasteiger partial charge is 0.102 e. The predicted molar refractivity (Wildman–Crippen MR) is 65.9 cm³/mol. The van der Waals surface area contributed by atoms with E-state index in [9.17, 15) is 0 Å². The van der Waals surface area contributed by atoms with E-state index in [0.29, 0.717) is 12.1 Å². The van der Waals surface area contributed by atoms with Crippen molar-refractivity contribution < 1.29 is 0 Å². The maximum Gasteiger partial charge on any atom is 0.102 e. The van der Waals surface area contributed by atoms with Gasteiger partial charge in [0.15, 0.2) is 0 Å².